The summed E-state index contributed by atoms with van der Waals surface area (Å²) in [4.78, 5) is 31.5. The summed E-state index contributed by atoms with van der Waals surface area (Å²) in [6, 6.07) is 9.19. The minimum atomic E-state index is -0.758. The van der Waals surface area contributed by atoms with Crippen molar-refractivity contribution >= 4 is 17.5 Å². The molecule has 0 spiro atoms. The molecule has 0 bridgehead atoms. The first-order valence-electron chi connectivity index (χ1n) is 12.0. The first kappa shape index (κ1) is 25.5. The normalized spacial score (nSPS) is 15.2. The average Bonchev–Trinajstić information content (AvgIpc) is 3.52. The van der Waals surface area contributed by atoms with Crippen molar-refractivity contribution in [2.24, 2.45) is 0 Å². The number of carbonyl (C=O) groups excluding carboxylic acids is 2. The number of nitrogens with one attached hydrogen (secondary N) is 1. The number of hydrogen-bond donors (Lipinski definition) is 1. The van der Waals surface area contributed by atoms with Gasteiger partial charge in [-0.15, -0.1) is 0 Å². The molecule has 0 aliphatic carbocycles. The molecule has 7 nitrogen and oxygen atoms in total. The van der Waals surface area contributed by atoms with Gasteiger partial charge in [0.2, 0.25) is 11.8 Å². The largest absolute Gasteiger partial charge is 0.441 e. The molecule has 2 aromatic carbocycles. The second kappa shape index (κ2) is 11.4. The Kier molecular flexibility index (Phi) is 8.10. The molecule has 9 heteroatoms. The van der Waals surface area contributed by atoms with Crippen LogP contribution in [0.4, 0.5) is 14.5 Å². The maximum atomic E-state index is 14.0. The Morgan fingerprint density at radius 3 is 2.61 bits per heavy atom. The molecule has 0 radical (unpaired) electrons. The third-order valence-corrected chi connectivity index (χ3v) is 6.33. The van der Waals surface area contributed by atoms with E-state index in [1.807, 2.05) is 32.0 Å². The lowest BCUT2D eigenvalue weighted by Crippen LogP contribution is -2.42. The Labute approximate surface area is 208 Å². The summed E-state index contributed by atoms with van der Waals surface area (Å²) in [5.41, 5.74) is 2.43. The van der Waals surface area contributed by atoms with E-state index in [9.17, 15) is 18.4 Å². The highest BCUT2D eigenvalue weighted by Gasteiger charge is 2.25. The Hall–Kier alpha value is -3.59. The van der Waals surface area contributed by atoms with Crippen LogP contribution in [0.15, 0.2) is 47.0 Å². The van der Waals surface area contributed by atoms with Crippen LogP contribution in [0.25, 0.3) is 11.3 Å². The number of oxazole rings is 1. The van der Waals surface area contributed by atoms with Gasteiger partial charge < -0.3 is 19.4 Å². The smallest absolute Gasteiger partial charge is 0.244 e. The predicted molar refractivity (Wildman–Crippen MR) is 130 cm³/mol. The predicted octanol–water partition coefficient (Wildman–Crippen LogP) is 4.82. The van der Waals surface area contributed by atoms with Crippen LogP contribution >= 0.6 is 0 Å². The maximum Gasteiger partial charge on any atom is 0.244 e. The summed E-state index contributed by atoms with van der Waals surface area (Å²) >= 11 is 0. The van der Waals surface area contributed by atoms with Gasteiger partial charge in [0.1, 0.15) is 11.6 Å². The number of aromatic nitrogens is 1. The van der Waals surface area contributed by atoms with Crippen molar-refractivity contribution in [3.63, 3.8) is 0 Å². The highest BCUT2D eigenvalue weighted by molar-refractivity contribution is 5.95. The zero-order chi connectivity index (χ0) is 25.7. The summed E-state index contributed by atoms with van der Waals surface area (Å²) < 4.78 is 39.3. The summed E-state index contributed by atoms with van der Waals surface area (Å²) in [5, 5.41) is 2.89. The van der Waals surface area contributed by atoms with Gasteiger partial charge in [0.25, 0.3) is 0 Å². The first-order valence-corrected chi connectivity index (χ1v) is 12.0. The van der Waals surface area contributed by atoms with Crippen LogP contribution < -0.4 is 5.32 Å². The third kappa shape index (κ3) is 6.15. The molecule has 36 heavy (non-hydrogen) atoms. The molecule has 1 N–H and O–H groups in total. The van der Waals surface area contributed by atoms with Crippen molar-refractivity contribution in [1.29, 1.82) is 0 Å². The van der Waals surface area contributed by atoms with Gasteiger partial charge in [-0.1, -0.05) is 18.2 Å². The molecular formula is C27H29F2N3O4. The van der Waals surface area contributed by atoms with E-state index in [4.69, 9.17) is 9.15 Å². The number of rotatable bonds is 9. The average molecular weight is 498 g/mol. The SMILES string of the molecule is Cc1cccc(NC(=O)CN(CC2CCCO2)C(=O)CCc2ncc(-c3c(F)cccc3F)o2)c1C. The van der Waals surface area contributed by atoms with E-state index in [1.54, 1.807) is 0 Å². The molecule has 2 amide bonds. The second-order valence-corrected chi connectivity index (χ2v) is 8.92. The number of anilines is 1. The Balaban J connectivity index is 1.41. The lowest BCUT2D eigenvalue weighted by Gasteiger charge is -2.25. The number of ether oxygens (including phenoxy) is 1. The minimum absolute atomic E-state index is 0.0170. The molecule has 1 saturated heterocycles. The van der Waals surface area contributed by atoms with Crippen LogP contribution in [-0.4, -0.2) is 47.5 Å². The van der Waals surface area contributed by atoms with Gasteiger partial charge in [0.05, 0.1) is 24.4 Å². The van der Waals surface area contributed by atoms with Crippen LogP contribution in [0, 0.1) is 25.5 Å². The van der Waals surface area contributed by atoms with Crippen LogP contribution in [0.2, 0.25) is 0 Å². The fourth-order valence-corrected chi connectivity index (χ4v) is 4.18. The van der Waals surface area contributed by atoms with E-state index >= 15 is 0 Å². The molecule has 1 atom stereocenters. The minimum Gasteiger partial charge on any atom is -0.441 e. The first-order chi connectivity index (χ1) is 17.3. The zero-order valence-electron chi connectivity index (χ0n) is 20.4. The number of benzene rings is 2. The van der Waals surface area contributed by atoms with Gasteiger partial charge in [0.15, 0.2) is 11.7 Å². The van der Waals surface area contributed by atoms with E-state index in [0.717, 1.165) is 36.1 Å². The number of nitrogens with zero attached hydrogens (tertiary/aromatic N) is 2. The van der Waals surface area contributed by atoms with Crippen molar-refractivity contribution in [3.8, 4) is 11.3 Å². The fourth-order valence-electron chi connectivity index (χ4n) is 4.18. The molecule has 1 aliphatic rings. The standard InChI is InChI=1S/C27H29F2N3O4/c1-17-6-3-10-22(18(17)2)31-24(33)16-32(15-19-7-5-13-35-19)26(34)12-11-25-30-14-23(36-25)27-20(28)8-4-9-21(27)29/h3-4,6,8-10,14,19H,5,7,11-13,15-16H2,1-2H3,(H,31,33). The molecule has 3 aromatic rings. The molecule has 4 rings (SSSR count). The van der Waals surface area contributed by atoms with E-state index in [1.165, 1.54) is 17.2 Å². The van der Waals surface area contributed by atoms with Crippen molar-refractivity contribution in [2.45, 2.75) is 45.6 Å². The summed E-state index contributed by atoms with van der Waals surface area (Å²) in [6.07, 6.45) is 2.98. The van der Waals surface area contributed by atoms with E-state index in [0.29, 0.717) is 18.8 Å². The number of hydrogen-bond acceptors (Lipinski definition) is 5. The highest BCUT2D eigenvalue weighted by atomic mass is 19.1. The van der Waals surface area contributed by atoms with Crippen molar-refractivity contribution < 1.29 is 27.5 Å². The summed E-state index contributed by atoms with van der Waals surface area (Å²) in [6.45, 7) is 4.71. The summed E-state index contributed by atoms with van der Waals surface area (Å²) in [7, 11) is 0. The second-order valence-electron chi connectivity index (χ2n) is 8.92. The Morgan fingerprint density at radius 2 is 1.89 bits per heavy atom. The van der Waals surface area contributed by atoms with E-state index < -0.39 is 11.6 Å². The van der Waals surface area contributed by atoms with Gasteiger partial charge in [-0.2, -0.15) is 0 Å². The Morgan fingerprint density at radius 1 is 1.14 bits per heavy atom. The van der Waals surface area contributed by atoms with Gasteiger partial charge in [-0.3, -0.25) is 9.59 Å². The molecular weight excluding hydrogens is 468 g/mol. The zero-order valence-corrected chi connectivity index (χ0v) is 20.4. The molecule has 1 fully saturated rings. The van der Waals surface area contributed by atoms with Gasteiger partial charge in [-0.05, 0) is 56.0 Å². The maximum absolute atomic E-state index is 14.0. The Bertz CT molecular complexity index is 1220. The lowest BCUT2D eigenvalue weighted by atomic mass is 10.1. The highest BCUT2D eigenvalue weighted by Crippen LogP contribution is 2.27. The monoisotopic (exact) mass is 497 g/mol. The third-order valence-electron chi connectivity index (χ3n) is 6.33. The molecule has 190 valence electrons. The molecule has 2 heterocycles. The number of amides is 2. The van der Waals surface area contributed by atoms with Crippen LogP contribution in [0.3, 0.4) is 0 Å². The van der Waals surface area contributed by atoms with Crippen molar-refractivity contribution in [3.05, 3.63) is 71.2 Å². The number of halogens is 2. The van der Waals surface area contributed by atoms with Crippen LogP contribution in [0.5, 0.6) is 0 Å². The molecule has 1 aliphatic heterocycles. The fraction of sp³-hybridized carbons (Fsp3) is 0.370. The molecule has 1 unspecified atom stereocenters. The van der Waals surface area contributed by atoms with Crippen molar-refractivity contribution in [1.82, 2.24) is 9.88 Å². The molecule has 0 saturated carbocycles. The van der Waals surface area contributed by atoms with Gasteiger partial charge in [-0.25, -0.2) is 13.8 Å². The van der Waals surface area contributed by atoms with Crippen molar-refractivity contribution in [2.75, 3.05) is 25.0 Å². The summed E-state index contributed by atoms with van der Waals surface area (Å²) in [5.74, 6) is -1.95. The van der Waals surface area contributed by atoms with E-state index in [2.05, 4.69) is 10.3 Å². The lowest BCUT2D eigenvalue weighted by molar-refractivity contribution is -0.136. The van der Waals surface area contributed by atoms with E-state index in [-0.39, 0.29) is 54.5 Å². The van der Waals surface area contributed by atoms with Gasteiger partial charge >= 0.3 is 0 Å². The van der Waals surface area contributed by atoms with Gasteiger partial charge in [0, 0.05) is 31.7 Å². The topological polar surface area (TPSA) is 84.7 Å². The molecule has 1 aromatic heterocycles. The van der Waals surface area contributed by atoms with Crippen LogP contribution in [-0.2, 0) is 20.7 Å². The van der Waals surface area contributed by atoms with Crippen LogP contribution in [0.1, 0.15) is 36.3 Å². The number of aryl methyl sites for hydroxylation is 2. The quantitative estimate of drug-likeness (QED) is 0.458. The number of carbonyl (C=O) groups is 2.